The second-order valence-electron chi connectivity index (χ2n) is 7.27. The van der Waals surface area contributed by atoms with E-state index in [0.717, 1.165) is 77.7 Å². The van der Waals surface area contributed by atoms with E-state index in [1.807, 2.05) is 0 Å². The summed E-state index contributed by atoms with van der Waals surface area (Å²) >= 11 is 0. The fourth-order valence-electron chi connectivity index (χ4n) is 3.22. The van der Waals surface area contributed by atoms with Gasteiger partial charge in [-0.2, -0.15) is 0 Å². The molecule has 5 heteroatoms. The number of aliphatic imine (C=N–C) groups is 1. The first kappa shape index (κ1) is 21.7. The van der Waals surface area contributed by atoms with Crippen molar-refractivity contribution in [1.82, 2.24) is 10.6 Å². The summed E-state index contributed by atoms with van der Waals surface area (Å²) in [6, 6.07) is 10.7. The molecule has 1 aromatic rings. The van der Waals surface area contributed by atoms with Crippen molar-refractivity contribution in [3.8, 4) is 0 Å². The molecule has 0 spiro atoms. The van der Waals surface area contributed by atoms with Crippen LogP contribution in [-0.2, 0) is 9.47 Å². The third-order valence-electron chi connectivity index (χ3n) is 4.99. The van der Waals surface area contributed by atoms with Crippen LogP contribution in [0.5, 0.6) is 0 Å². The number of ether oxygens (including phenoxy) is 2. The maximum atomic E-state index is 5.81. The van der Waals surface area contributed by atoms with Gasteiger partial charge in [-0.25, -0.2) is 0 Å². The highest BCUT2D eigenvalue weighted by Crippen LogP contribution is 2.17. The third kappa shape index (κ3) is 9.25. The molecule has 0 aromatic heterocycles. The summed E-state index contributed by atoms with van der Waals surface area (Å²) in [7, 11) is 0. The summed E-state index contributed by atoms with van der Waals surface area (Å²) in [4.78, 5) is 4.66. The van der Waals surface area contributed by atoms with E-state index in [0.29, 0.717) is 11.8 Å². The lowest BCUT2D eigenvalue weighted by Gasteiger charge is -2.21. The monoisotopic (exact) mass is 375 g/mol. The van der Waals surface area contributed by atoms with Crippen molar-refractivity contribution >= 4 is 5.96 Å². The van der Waals surface area contributed by atoms with E-state index in [1.54, 1.807) is 0 Å². The Morgan fingerprint density at radius 1 is 1.22 bits per heavy atom. The van der Waals surface area contributed by atoms with Gasteiger partial charge in [0.1, 0.15) is 0 Å². The Morgan fingerprint density at radius 3 is 2.74 bits per heavy atom. The second kappa shape index (κ2) is 13.6. The topological polar surface area (TPSA) is 54.9 Å². The summed E-state index contributed by atoms with van der Waals surface area (Å²) in [6.07, 6.45) is 4.31. The SMILES string of the molecule is CCNC(=NCCCOCC1CCOCC1)NCCC(C)c1ccccc1. The molecule has 1 aliphatic rings. The van der Waals surface area contributed by atoms with Crippen LogP contribution in [0, 0.1) is 5.92 Å². The van der Waals surface area contributed by atoms with Crippen LogP contribution in [-0.4, -0.2) is 52.0 Å². The average molecular weight is 376 g/mol. The quantitative estimate of drug-likeness (QED) is 0.353. The van der Waals surface area contributed by atoms with E-state index in [4.69, 9.17) is 9.47 Å². The van der Waals surface area contributed by atoms with Crippen molar-refractivity contribution in [3.63, 3.8) is 0 Å². The molecule has 1 saturated heterocycles. The highest BCUT2D eigenvalue weighted by Gasteiger charge is 2.13. The zero-order chi connectivity index (χ0) is 19.2. The molecule has 1 atom stereocenters. The Kier molecular flexibility index (Phi) is 10.9. The number of nitrogens with one attached hydrogen (secondary N) is 2. The summed E-state index contributed by atoms with van der Waals surface area (Å²) < 4.78 is 11.2. The second-order valence-corrected chi connectivity index (χ2v) is 7.27. The van der Waals surface area contributed by atoms with Gasteiger partial charge in [-0.1, -0.05) is 37.3 Å². The van der Waals surface area contributed by atoms with Crippen LogP contribution < -0.4 is 10.6 Å². The molecule has 2 N–H and O–H groups in total. The van der Waals surface area contributed by atoms with Gasteiger partial charge < -0.3 is 20.1 Å². The predicted molar refractivity (Wildman–Crippen MR) is 112 cm³/mol. The predicted octanol–water partition coefficient (Wildman–Crippen LogP) is 3.57. The minimum atomic E-state index is 0.542. The normalized spacial score (nSPS) is 16.9. The number of benzene rings is 1. The van der Waals surface area contributed by atoms with E-state index in [9.17, 15) is 0 Å². The van der Waals surface area contributed by atoms with E-state index in [1.165, 1.54) is 5.56 Å². The molecule has 1 heterocycles. The first-order valence-corrected chi connectivity index (χ1v) is 10.5. The summed E-state index contributed by atoms with van der Waals surface area (Å²) in [5.74, 6) is 2.12. The van der Waals surface area contributed by atoms with Gasteiger partial charge in [0.2, 0.25) is 0 Å². The van der Waals surface area contributed by atoms with Gasteiger partial charge in [-0.3, -0.25) is 4.99 Å². The molecular formula is C22H37N3O2. The zero-order valence-corrected chi connectivity index (χ0v) is 17.1. The highest BCUT2D eigenvalue weighted by atomic mass is 16.5. The maximum Gasteiger partial charge on any atom is 0.191 e. The molecular weight excluding hydrogens is 338 g/mol. The molecule has 5 nitrogen and oxygen atoms in total. The minimum absolute atomic E-state index is 0.542. The Labute approximate surface area is 164 Å². The van der Waals surface area contributed by atoms with E-state index in [-0.39, 0.29) is 0 Å². The van der Waals surface area contributed by atoms with Crippen LogP contribution in [0.15, 0.2) is 35.3 Å². The largest absolute Gasteiger partial charge is 0.381 e. The van der Waals surface area contributed by atoms with Crippen molar-refractivity contribution in [2.24, 2.45) is 10.9 Å². The molecule has 1 unspecified atom stereocenters. The maximum absolute atomic E-state index is 5.81. The lowest BCUT2D eigenvalue weighted by molar-refractivity contribution is 0.0205. The Morgan fingerprint density at radius 2 is 2.00 bits per heavy atom. The molecule has 1 aromatic carbocycles. The van der Waals surface area contributed by atoms with Gasteiger partial charge in [0.05, 0.1) is 0 Å². The molecule has 0 radical (unpaired) electrons. The first-order chi connectivity index (χ1) is 13.3. The van der Waals surface area contributed by atoms with Crippen molar-refractivity contribution < 1.29 is 9.47 Å². The fourth-order valence-corrected chi connectivity index (χ4v) is 3.22. The lowest BCUT2D eigenvalue weighted by atomic mass is 9.98. The molecule has 2 rings (SSSR count). The van der Waals surface area contributed by atoms with Gasteiger partial charge in [-0.05, 0) is 50.0 Å². The molecule has 152 valence electrons. The fraction of sp³-hybridized carbons (Fsp3) is 0.682. The van der Waals surface area contributed by atoms with Crippen LogP contribution in [0.25, 0.3) is 0 Å². The standard InChI is InChI=1S/C22H37N3O2/c1-3-23-22(25-14-10-19(2)21-8-5-4-6-9-21)24-13-7-15-27-18-20-11-16-26-17-12-20/h4-6,8-9,19-20H,3,7,10-18H2,1-2H3,(H2,23,24,25). The Hall–Kier alpha value is -1.59. The van der Waals surface area contributed by atoms with E-state index < -0.39 is 0 Å². The van der Waals surface area contributed by atoms with Crippen molar-refractivity contribution in [2.45, 2.75) is 45.4 Å². The summed E-state index contributed by atoms with van der Waals surface area (Å²) in [5, 5.41) is 6.77. The van der Waals surface area contributed by atoms with Gasteiger partial charge in [0.25, 0.3) is 0 Å². The first-order valence-electron chi connectivity index (χ1n) is 10.5. The van der Waals surface area contributed by atoms with E-state index in [2.05, 4.69) is 59.8 Å². The van der Waals surface area contributed by atoms with E-state index >= 15 is 0 Å². The summed E-state index contributed by atoms with van der Waals surface area (Å²) in [6.45, 7) is 10.4. The molecule has 0 amide bonds. The average Bonchev–Trinajstić information content (AvgIpc) is 2.71. The van der Waals surface area contributed by atoms with Crippen molar-refractivity contribution in [2.75, 3.05) is 46.1 Å². The molecule has 1 aliphatic heterocycles. The van der Waals surface area contributed by atoms with Gasteiger partial charge in [-0.15, -0.1) is 0 Å². The van der Waals surface area contributed by atoms with Crippen molar-refractivity contribution in [1.29, 1.82) is 0 Å². The molecule has 27 heavy (non-hydrogen) atoms. The highest BCUT2D eigenvalue weighted by molar-refractivity contribution is 5.79. The number of nitrogens with zero attached hydrogens (tertiary/aromatic N) is 1. The Balaban J connectivity index is 1.58. The Bertz CT molecular complexity index is 516. The van der Waals surface area contributed by atoms with Crippen LogP contribution in [0.4, 0.5) is 0 Å². The van der Waals surface area contributed by atoms with Crippen LogP contribution in [0.3, 0.4) is 0 Å². The number of rotatable bonds is 11. The lowest BCUT2D eigenvalue weighted by Crippen LogP contribution is -2.38. The van der Waals surface area contributed by atoms with Gasteiger partial charge in [0.15, 0.2) is 5.96 Å². The minimum Gasteiger partial charge on any atom is -0.381 e. The van der Waals surface area contributed by atoms with Gasteiger partial charge >= 0.3 is 0 Å². The summed E-state index contributed by atoms with van der Waals surface area (Å²) in [5.41, 5.74) is 1.39. The number of guanidine groups is 1. The van der Waals surface area contributed by atoms with Crippen LogP contribution in [0.2, 0.25) is 0 Å². The molecule has 1 fully saturated rings. The van der Waals surface area contributed by atoms with Gasteiger partial charge in [0, 0.05) is 46.1 Å². The molecule has 0 saturated carbocycles. The molecule has 0 bridgehead atoms. The smallest absolute Gasteiger partial charge is 0.191 e. The van der Waals surface area contributed by atoms with Crippen LogP contribution >= 0.6 is 0 Å². The molecule has 0 aliphatic carbocycles. The third-order valence-corrected chi connectivity index (χ3v) is 4.99. The number of hydrogen-bond acceptors (Lipinski definition) is 3. The number of hydrogen-bond donors (Lipinski definition) is 2. The van der Waals surface area contributed by atoms with Crippen LogP contribution in [0.1, 0.15) is 51.0 Å². The zero-order valence-electron chi connectivity index (χ0n) is 17.1. The van der Waals surface area contributed by atoms with Crippen molar-refractivity contribution in [3.05, 3.63) is 35.9 Å².